The van der Waals surface area contributed by atoms with Gasteiger partial charge in [-0.1, -0.05) is 6.92 Å². The molecule has 0 bridgehead atoms. The fourth-order valence-corrected chi connectivity index (χ4v) is 1.53. The molecule has 0 aliphatic carbocycles. The van der Waals surface area contributed by atoms with E-state index >= 15 is 0 Å². The van der Waals surface area contributed by atoms with Crippen LogP contribution in [0, 0.1) is 23.3 Å². The van der Waals surface area contributed by atoms with Crippen LogP contribution in [0.25, 0.3) is 5.76 Å². The number of esters is 1. The molecule has 24 heavy (non-hydrogen) atoms. The zero-order valence-electron chi connectivity index (χ0n) is 12.8. The number of nitrogens with zero attached hydrogens (tertiary/aromatic N) is 2. The lowest BCUT2D eigenvalue weighted by atomic mass is 10.1. The van der Waals surface area contributed by atoms with Crippen molar-refractivity contribution in [2.45, 2.75) is 20.3 Å². The van der Waals surface area contributed by atoms with Gasteiger partial charge in [-0.3, -0.25) is 0 Å². The lowest BCUT2D eigenvalue weighted by Gasteiger charge is -2.08. The van der Waals surface area contributed by atoms with Crippen molar-refractivity contribution in [1.82, 2.24) is 0 Å². The van der Waals surface area contributed by atoms with E-state index in [1.165, 1.54) is 13.1 Å². The number of aliphatic hydroxyl groups is 1. The second-order valence-corrected chi connectivity index (χ2v) is 4.28. The molecular weight excluding hydrogens is 332 g/mol. The number of hydrogen-bond donors (Lipinski definition) is 1. The second kappa shape index (κ2) is 8.80. The van der Waals surface area contributed by atoms with Crippen molar-refractivity contribution in [1.29, 1.82) is 0 Å². The van der Waals surface area contributed by atoms with Gasteiger partial charge in [0.25, 0.3) is 0 Å². The van der Waals surface area contributed by atoms with Crippen LogP contribution < -0.4 is 0 Å². The molecule has 0 saturated heterocycles. The average Bonchev–Trinajstić information content (AvgIpc) is 2.56. The van der Waals surface area contributed by atoms with Gasteiger partial charge < -0.3 is 9.84 Å². The molecule has 0 aromatic heterocycles. The van der Waals surface area contributed by atoms with Gasteiger partial charge in [0.2, 0.25) is 0 Å². The molecule has 0 unspecified atom stereocenters. The Morgan fingerprint density at radius 1 is 1.17 bits per heavy atom. The Labute approximate surface area is 135 Å². The number of hydrogen-bond acceptors (Lipinski definition) is 5. The Hall–Kier alpha value is -2.71. The molecule has 1 N–H and O–H groups in total. The van der Waals surface area contributed by atoms with Crippen LogP contribution in [0.15, 0.2) is 21.8 Å². The van der Waals surface area contributed by atoms with Gasteiger partial charge in [0.15, 0.2) is 23.3 Å². The molecule has 1 rings (SSSR count). The minimum absolute atomic E-state index is 0.0870. The van der Waals surface area contributed by atoms with E-state index in [-0.39, 0.29) is 12.7 Å². The number of halogens is 4. The third kappa shape index (κ3) is 4.40. The third-order valence-corrected chi connectivity index (χ3v) is 2.63. The van der Waals surface area contributed by atoms with Crippen molar-refractivity contribution >= 4 is 24.2 Å². The number of carbonyl (C=O) groups excluding carboxylic acids is 1. The molecule has 1 aromatic carbocycles. The first-order chi connectivity index (χ1) is 11.3. The van der Waals surface area contributed by atoms with Crippen LogP contribution in [0.1, 0.15) is 25.8 Å². The van der Waals surface area contributed by atoms with Crippen LogP contribution in [0.4, 0.5) is 17.6 Å². The van der Waals surface area contributed by atoms with E-state index in [0.29, 0.717) is 6.42 Å². The average molecular weight is 346 g/mol. The van der Waals surface area contributed by atoms with Crippen LogP contribution in [-0.4, -0.2) is 30.1 Å². The highest BCUT2D eigenvalue weighted by atomic mass is 19.2. The second-order valence-electron chi connectivity index (χ2n) is 4.28. The Bertz CT molecular complexity index is 715. The van der Waals surface area contributed by atoms with E-state index in [0.717, 1.165) is 6.21 Å². The summed E-state index contributed by atoms with van der Waals surface area (Å²) in [5, 5.41) is 16.9. The van der Waals surface area contributed by atoms with Crippen molar-refractivity contribution in [3.8, 4) is 0 Å². The van der Waals surface area contributed by atoms with Gasteiger partial charge in [0.05, 0.1) is 18.4 Å². The first-order valence-electron chi connectivity index (χ1n) is 6.83. The van der Waals surface area contributed by atoms with E-state index < -0.39 is 46.1 Å². The predicted molar refractivity (Wildman–Crippen MR) is 79.7 cm³/mol. The normalized spacial score (nSPS) is 12.8. The van der Waals surface area contributed by atoms with Gasteiger partial charge in [0, 0.05) is 6.21 Å². The fraction of sp³-hybridized carbons (Fsp3) is 0.267. The van der Waals surface area contributed by atoms with Crippen molar-refractivity contribution in [3.05, 3.63) is 40.5 Å². The first kappa shape index (κ1) is 19.3. The summed E-state index contributed by atoms with van der Waals surface area (Å²) in [7, 11) is 0. The minimum Gasteiger partial charge on any atom is -0.506 e. The Morgan fingerprint density at radius 2 is 1.83 bits per heavy atom. The van der Waals surface area contributed by atoms with Gasteiger partial charge >= 0.3 is 5.97 Å². The molecule has 0 heterocycles. The lowest BCUT2D eigenvalue weighted by Crippen LogP contribution is -2.12. The molecule has 0 atom stereocenters. The maximum absolute atomic E-state index is 13.7. The van der Waals surface area contributed by atoms with Gasteiger partial charge in [-0.25, -0.2) is 22.4 Å². The molecule has 0 spiro atoms. The SMILES string of the molecule is CCC=NN=CC(C(=O)OCC)=C(O)c1cc(F)c(F)c(F)c1F. The van der Waals surface area contributed by atoms with Crippen molar-refractivity contribution in [3.63, 3.8) is 0 Å². The molecule has 9 heteroatoms. The minimum atomic E-state index is -2.12. The number of aliphatic hydroxyl groups excluding tert-OH is 1. The molecule has 1 aromatic rings. The predicted octanol–water partition coefficient (Wildman–Crippen LogP) is 3.54. The summed E-state index contributed by atoms with van der Waals surface area (Å²) in [5.74, 6) is -10.1. The van der Waals surface area contributed by atoms with Crippen molar-refractivity contribution < 1.29 is 32.2 Å². The van der Waals surface area contributed by atoms with Crippen LogP contribution in [0.2, 0.25) is 0 Å². The van der Waals surface area contributed by atoms with E-state index in [1.54, 1.807) is 6.92 Å². The monoisotopic (exact) mass is 346 g/mol. The molecule has 5 nitrogen and oxygen atoms in total. The van der Waals surface area contributed by atoms with Crippen LogP contribution in [-0.2, 0) is 9.53 Å². The van der Waals surface area contributed by atoms with Gasteiger partial charge in [0.1, 0.15) is 11.3 Å². The summed E-state index contributed by atoms with van der Waals surface area (Å²) in [4.78, 5) is 11.8. The lowest BCUT2D eigenvalue weighted by molar-refractivity contribution is -0.137. The van der Waals surface area contributed by atoms with Crippen molar-refractivity contribution in [2.75, 3.05) is 6.61 Å². The number of carbonyl (C=O) groups is 1. The maximum Gasteiger partial charge on any atom is 0.343 e. The molecular formula is C15H14F4N2O3. The first-order valence-corrected chi connectivity index (χ1v) is 6.83. The van der Waals surface area contributed by atoms with Crippen LogP contribution in [0.5, 0.6) is 0 Å². The zero-order valence-corrected chi connectivity index (χ0v) is 12.8. The number of rotatable bonds is 6. The number of ether oxygens (including phenoxy) is 1. The largest absolute Gasteiger partial charge is 0.506 e. The highest BCUT2D eigenvalue weighted by Gasteiger charge is 2.25. The maximum atomic E-state index is 13.7. The highest BCUT2D eigenvalue weighted by molar-refractivity contribution is 6.15. The van der Waals surface area contributed by atoms with Crippen molar-refractivity contribution in [2.24, 2.45) is 10.2 Å². The number of benzene rings is 1. The summed E-state index contributed by atoms with van der Waals surface area (Å²) in [5.41, 5.74) is -1.75. The molecule has 0 radical (unpaired) electrons. The van der Waals surface area contributed by atoms with Gasteiger partial charge in [-0.05, 0) is 19.4 Å². The van der Waals surface area contributed by atoms with Gasteiger partial charge in [-0.2, -0.15) is 10.2 Å². The Morgan fingerprint density at radius 3 is 2.42 bits per heavy atom. The molecule has 0 aliphatic heterocycles. The Kier molecular flexibility index (Phi) is 7.09. The van der Waals surface area contributed by atoms with E-state index in [1.807, 2.05) is 0 Å². The molecule has 0 fully saturated rings. The smallest absolute Gasteiger partial charge is 0.343 e. The van der Waals surface area contributed by atoms with Gasteiger partial charge in [-0.15, -0.1) is 0 Å². The van der Waals surface area contributed by atoms with E-state index in [9.17, 15) is 27.5 Å². The molecule has 0 amide bonds. The molecule has 130 valence electrons. The summed E-state index contributed by atoms with van der Waals surface area (Å²) in [6.07, 6.45) is 2.64. The topological polar surface area (TPSA) is 71.2 Å². The van der Waals surface area contributed by atoms with Crippen LogP contribution in [0.3, 0.4) is 0 Å². The summed E-state index contributed by atoms with van der Waals surface area (Å²) in [6, 6.07) is 0.214. The Balaban J connectivity index is 3.49. The highest BCUT2D eigenvalue weighted by Crippen LogP contribution is 2.25. The third-order valence-electron chi connectivity index (χ3n) is 2.63. The molecule has 0 aliphatic rings. The summed E-state index contributed by atoms with van der Waals surface area (Å²) >= 11 is 0. The van der Waals surface area contributed by atoms with E-state index in [4.69, 9.17) is 0 Å². The molecule has 0 saturated carbocycles. The fourth-order valence-electron chi connectivity index (χ4n) is 1.53. The summed E-state index contributed by atoms with van der Waals surface area (Å²) in [6.45, 7) is 3.14. The summed E-state index contributed by atoms with van der Waals surface area (Å²) < 4.78 is 57.9. The quantitative estimate of drug-likeness (QED) is 0.125. The van der Waals surface area contributed by atoms with Crippen LogP contribution >= 0.6 is 0 Å². The van der Waals surface area contributed by atoms with E-state index in [2.05, 4.69) is 14.9 Å². The zero-order chi connectivity index (χ0) is 18.3. The standard InChI is InChI=1S/C15H14F4N2O3/c1-3-5-20-21-7-9(15(23)24-4-2)14(22)8-6-10(16)12(18)13(19)11(8)17/h5-7,22H,3-4H2,1-2H3.